The van der Waals surface area contributed by atoms with Crippen LogP contribution in [0.5, 0.6) is 5.75 Å². The molecule has 0 heterocycles. The average Bonchev–Trinajstić information content (AvgIpc) is 2.56. The number of aryl methyl sites for hydroxylation is 1. The number of para-hydroxylation sites is 1. The summed E-state index contributed by atoms with van der Waals surface area (Å²) in [5.74, 6) is 0.802. The van der Waals surface area contributed by atoms with Gasteiger partial charge in [-0.2, -0.15) is 0 Å². The minimum atomic E-state index is -1.30. The minimum absolute atomic E-state index is 0.236. The molecule has 2 aromatic rings. The first-order valence-electron chi connectivity index (χ1n) is 7.38. The van der Waals surface area contributed by atoms with E-state index in [0.717, 1.165) is 22.6 Å². The summed E-state index contributed by atoms with van der Waals surface area (Å²) in [5.41, 5.74) is 2.62. The van der Waals surface area contributed by atoms with Crippen molar-refractivity contribution in [2.45, 2.75) is 24.9 Å². The van der Waals surface area contributed by atoms with Gasteiger partial charge in [0.25, 0.3) is 0 Å². The Balaban J connectivity index is 2.01. The first kappa shape index (κ1) is 17.2. The van der Waals surface area contributed by atoms with Gasteiger partial charge < -0.3 is 10.1 Å². The van der Waals surface area contributed by atoms with Gasteiger partial charge in [0.2, 0.25) is 5.91 Å². The molecule has 2 rings (SSSR count). The van der Waals surface area contributed by atoms with Crippen molar-refractivity contribution in [3.05, 3.63) is 59.7 Å². The molecular weight excluding hydrogens is 310 g/mol. The van der Waals surface area contributed by atoms with Crippen molar-refractivity contribution >= 4 is 22.4 Å². The monoisotopic (exact) mass is 331 g/mol. The number of carbonyl (C=O) groups excluding carboxylic acids is 1. The maximum absolute atomic E-state index is 12.4. The molecule has 0 radical (unpaired) electrons. The third kappa shape index (κ3) is 4.66. The highest BCUT2D eigenvalue weighted by molar-refractivity contribution is 7.85. The SMILES string of the molecule is COc1cccc(C[S@](=O)[C@@H](C)C(=O)Nc2ccccc2C)c1. The number of carbonyl (C=O) groups is 1. The van der Waals surface area contributed by atoms with E-state index in [1.807, 2.05) is 55.5 Å². The lowest BCUT2D eigenvalue weighted by molar-refractivity contribution is -0.115. The van der Waals surface area contributed by atoms with Gasteiger partial charge in [0.1, 0.15) is 11.0 Å². The molecule has 122 valence electrons. The van der Waals surface area contributed by atoms with Crippen LogP contribution in [0.25, 0.3) is 0 Å². The van der Waals surface area contributed by atoms with E-state index in [0.29, 0.717) is 5.75 Å². The van der Waals surface area contributed by atoms with Gasteiger partial charge in [-0.15, -0.1) is 0 Å². The number of anilines is 1. The normalized spacial score (nSPS) is 13.2. The van der Waals surface area contributed by atoms with Gasteiger partial charge in [0, 0.05) is 22.2 Å². The molecule has 0 aromatic heterocycles. The highest BCUT2D eigenvalue weighted by Gasteiger charge is 2.20. The summed E-state index contributed by atoms with van der Waals surface area (Å²) in [6.45, 7) is 3.61. The number of ether oxygens (including phenoxy) is 1. The standard InChI is InChI=1S/C18H21NO3S/c1-13-7-4-5-10-17(13)19-18(20)14(2)23(21)12-15-8-6-9-16(11-15)22-3/h4-11,14H,12H2,1-3H3,(H,19,20)/t14-,23-/m0/s1. The summed E-state index contributed by atoms with van der Waals surface area (Å²) >= 11 is 0. The second-order valence-corrected chi connectivity index (χ2v) is 7.08. The Morgan fingerprint density at radius 1 is 1.22 bits per heavy atom. The lowest BCUT2D eigenvalue weighted by atomic mass is 10.2. The fraction of sp³-hybridized carbons (Fsp3) is 0.278. The van der Waals surface area contributed by atoms with Crippen molar-refractivity contribution in [1.29, 1.82) is 0 Å². The van der Waals surface area contributed by atoms with E-state index in [1.54, 1.807) is 14.0 Å². The van der Waals surface area contributed by atoms with Crippen molar-refractivity contribution in [2.24, 2.45) is 0 Å². The molecule has 0 saturated carbocycles. The van der Waals surface area contributed by atoms with Crippen LogP contribution in [0.1, 0.15) is 18.1 Å². The third-order valence-electron chi connectivity index (χ3n) is 3.61. The van der Waals surface area contributed by atoms with Gasteiger partial charge in [-0.3, -0.25) is 9.00 Å². The molecular formula is C18H21NO3S. The summed E-state index contributed by atoms with van der Waals surface area (Å²) < 4.78 is 17.6. The minimum Gasteiger partial charge on any atom is -0.497 e. The van der Waals surface area contributed by atoms with Crippen molar-refractivity contribution in [3.63, 3.8) is 0 Å². The Bertz CT molecular complexity index is 715. The van der Waals surface area contributed by atoms with Crippen LogP contribution in [-0.2, 0) is 21.3 Å². The smallest absolute Gasteiger partial charge is 0.239 e. The number of methoxy groups -OCH3 is 1. The summed E-state index contributed by atoms with van der Waals surface area (Å²) in [7, 11) is 0.288. The van der Waals surface area contributed by atoms with E-state index in [-0.39, 0.29) is 5.91 Å². The molecule has 5 heteroatoms. The van der Waals surface area contributed by atoms with Crippen molar-refractivity contribution in [3.8, 4) is 5.75 Å². The Morgan fingerprint density at radius 2 is 1.96 bits per heavy atom. The molecule has 0 unspecified atom stereocenters. The van der Waals surface area contributed by atoms with Crippen LogP contribution in [0.15, 0.2) is 48.5 Å². The third-order valence-corrected chi connectivity index (χ3v) is 5.23. The van der Waals surface area contributed by atoms with Crippen LogP contribution in [-0.4, -0.2) is 22.5 Å². The molecule has 1 amide bonds. The molecule has 0 aliphatic carbocycles. The van der Waals surface area contributed by atoms with E-state index in [9.17, 15) is 9.00 Å². The van der Waals surface area contributed by atoms with Crippen LogP contribution in [0.3, 0.4) is 0 Å². The highest BCUT2D eigenvalue weighted by atomic mass is 32.2. The van der Waals surface area contributed by atoms with Gasteiger partial charge in [0.15, 0.2) is 0 Å². The van der Waals surface area contributed by atoms with E-state index in [1.165, 1.54) is 0 Å². The van der Waals surface area contributed by atoms with Crippen molar-refractivity contribution < 1.29 is 13.7 Å². The zero-order valence-electron chi connectivity index (χ0n) is 13.5. The van der Waals surface area contributed by atoms with Gasteiger partial charge in [0.05, 0.1) is 7.11 Å². The topological polar surface area (TPSA) is 55.4 Å². The van der Waals surface area contributed by atoms with E-state index in [2.05, 4.69) is 5.32 Å². The molecule has 23 heavy (non-hydrogen) atoms. The van der Waals surface area contributed by atoms with E-state index < -0.39 is 16.0 Å². The molecule has 2 aromatic carbocycles. The maximum atomic E-state index is 12.4. The average molecular weight is 331 g/mol. The fourth-order valence-electron chi connectivity index (χ4n) is 2.12. The molecule has 0 aliphatic rings. The van der Waals surface area contributed by atoms with Gasteiger partial charge >= 0.3 is 0 Å². The predicted molar refractivity (Wildman–Crippen MR) is 94.1 cm³/mol. The lowest BCUT2D eigenvalue weighted by Crippen LogP contribution is -2.30. The summed E-state index contributed by atoms with van der Waals surface area (Å²) in [6.07, 6.45) is 0. The molecule has 0 bridgehead atoms. The Kier molecular flexibility index (Phi) is 5.93. The Labute approximate surface area is 139 Å². The number of nitrogens with one attached hydrogen (secondary N) is 1. The van der Waals surface area contributed by atoms with Gasteiger partial charge in [-0.1, -0.05) is 30.3 Å². The van der Waals surface area contributed by atoms with Crippen LogP contribution in [0.4, 0.5) is 5.69 Å². The predicted octanol–water partition coefficient (Wildman–Crippen LogP) is 3.28. The maximum Gasteiger partial charge on any atom is 0.239 e. The molecule has 0 spiro atoms. The molecule has 0 fully saturated rings. The van der Waals surface area contributed by atoms with Crippen molar-refractivity contribution in [1.82, 2.24) is 0 Å². The zero-order chi connectivity index (χ0) is 16.8. The number of hydrogen-bond acceptors (Lipinski definition) is 3. The summed E-state index contributed by atoms with van der Waals surface area (Å²) in [4.78, 5) is 12.3. The Hall–Kier alpha value is -2.14. The quantitative estimate of drug-likeness (QED) is 0.884. The molecule has 2 atom stereocenters. The highest BCUT2D eigenvalue weighted by Crippen LogP contribution is 2.17. The first-order chi connectivity index (χ1) is 11.0. The van der Waals surface area contributed by atoms with Crippen molar-refractivity contribution in [2.75, 3.05) is 12.4 Å². The number of benzene rings is 2. The largest absolute Gasteiger partial charge is 0.497 e. The molecule has 4 nitrogen and oxygen atoms in total. The zero-order valence-corrected chi connectivity index (χ0v) is 14.4. The van der Waals surface area contributed by atoms with Crippen LogP contribution in [0, 0.1) is 6.92 Å². The van der Waals surface area contributed by atoms with Gasteiger partial charge in [-0.25, -0.2) is 0 Å². The second kappa shape index (κ2) is 7.92. The van der Waals surface area contributed by atoms with E-state index in [4.69, 9.17) is 4.74 Å². The van der Waals surface area contributed by atoms with Crippen LogP contribution in [0.2, 0.25) is 0 Å². The lowest BCUT2D eigenvalue weighted by Gasteiger charge is -2.14. The number of amides is 1. The fourth-order valence-corrected chi connectivity index (χ4v) is 3.17. The molecule has 0 aliphatic heterocycles. The van der Waals surface area contributed by atoms with Gasteiger partial charge in [-0.05, 0) is 43.2 Å². The summed E-state index contributed by atoms with van der Waals surface area (Å²) in [5, 5.41) is 2.25. The van der Waals surface area contributed by atoms with Crippen LogP contribution >= 0.6 is 0 Å². The first-order valence-corrected chi connectivity index (χ1v) is 8.76. The van der Waals surface area contributed by atoms with E-state index >= 15 is 0 Å². The Morgan fingerprint density at radius 3 is 2.65 bits per heavy atom. The van der Waals surface area contributed by atoms with Crippen LogP contribution < -0.4 is 10.1 Å². The molecule has 1 N–H and O–H groups in total. The molecule has 0 saturated heterocycles. The summed E-state index contributed by atoms with van der Waals surface area (Å²) in [6, 6.07) is 14.9. The number of rotatable bonds is 6. The number of hydrogen-bond donors (Lipinski definition) is 1. The second-order valence-electron chi connectivity index (χ2n) is 5.32.